The van der Waals surface area contributed by atoms with Crippen LogP contribution in [-0.2, 0) is 34.2 Å². The molecule has 0 saturated heterocycles. The van der Waals surface area contributed by atoms with Gasteiger partial charge in [-0.2, -0.15) is 16.8 Å². The molecule has 8 rings (SSSR count). The minimum absolute atomic E-state index is 0.0779. The molecule has 308 valence electrons. The summed E-state index contributed by atoms with van der Waals surface area (Å²) in [6, 6.07) is 31.3. The molecule has 0 saturated carbocycles. The number of carbonyl (C=O) groups is 4. The Hall–Kier alpha value is -7.38. The minimum Gasteiger partial charge on any atom is -0.508 e. The number of carbonyl (C=O) groups excluding carboxylic acids is 4. The predicted molar refractivity (Wildman–Crippen MR) is 212 cm³/mol. The number of imide groups is 2. The number of hydrogen-bond donors (Lipinski definition) is 2. The maximum Gasteiger partial charge on any atom is 0.318 e. The molecule has 0 aliphatic carbocycles. The molecule has 61 heavy (non-hydrogen) atoms. The fourth-order valence-corrected chi connectivity index (χ4v) is 8.26. The van der Waals surface area contributed by atoms with Crippen LogP contribution in [0.1, 0.15) is 66.4 Å². The number of nitrogens with zero attached hydrogens (tertiary/aromatic N) is 2. The van der Waals surface area contributed by atoms with Gasteiger partial charge >= 0.3 is 20.2 Å². The summed E-state index contributed by atoms with van der Waals surface area (Å²) in [5.74, 6) is -3.09. The summed E-state index contributed by atoms with van der Waals surface area (Å²) in [4.78, 5) is 51.3. The van der Waals surface area contributed by atoms with Gasteiger partial charge in [0.05, 0.1) is 32.0 Å². The molecule has 6 aromatic rings. The van der Waals surface area contributed by atoms with Gasteiger partial charge in [0, 0.05) is 5.41 Å². The Morgan fingerprint density at radius 2 is 0.738 bits per heavy atom. The standard InChI is InChI=1S/C43H30N2O14S2/c1-43(2,25-3-11-29(12-4-25)56-31-15-21-35-37(23-31)41(50)44(39(35)48)58-60(52,53)33-17-7-27(46)8-18-33)26-5-13-30(14-6-26)57-32-16-22-36-38(24-32)42(51)45(40(36)49)59-61(54,55)34-19-9-28(47)10-20-34/h3-24,46-47H,1-2H3. The molecule has 0 spiro atoms. The van der Waals surface area contributed by atoms with Gasteiger partial charge < -0.3 is 19.7 Å². The van der Waals surface area contributed by atoms with Crippen LogP contribution >= 0.6 is 0 Å². The molecular formula is C43H30N2O14S2. The van der Waals surface area contributed by atoms with Crippen LogP contribution in [0.15, 0.2) is 143 Å². The highest BCUT2D eigenvalue weighted by Crippen LogP contribution is 2.37. The van der Waals surface area contributed by atoms with E-state index in [0.717, 1.165) is 59.7 Å². The molecule has 16 nitrogen and oxygen atoms in total. The molecule has 0 unspecified atom stereocenters. The number of hydroxylamine groups is 4. The van der Waals surface area contributed by atoms with Gasteiger partial charge in [-0.1, -0.05) is 38.1 Å². The highest BCUT2D eigenvalue weighted by molar-refractivity contribution is 7.87. The summed E-state index contributed by atoms with van der Waals surface area (Å²) in [7, 11) is -9.16. The van der Waals surface area contributed by atoms with Crippen molar-refractivity contribution in [3.63, 3.8) is 0 Å². The van der Waals surface area contributed by atoms with Crippen LogP contribution in [0.3, 0.4) is 0 Å². The number of aromatic hydroxyl groups is 2. The van der Waals surface area contributed by atoms with Crippen LogP contribution in [0.25, 0.3) is 0 Å². The summed E-state index contributed by atoms with van der Waals surface area (Å²) >= 11 is 0. The van der Waals surface area contributed by atoms with Crippen LogP contribution < -0.4 is 9.47 Å². The van der Waals surface area contributed by atoms with Gasteiger partial charge in [0.2, 0.25) is 0 Å². The zero-order valence-corrected chi connectivity index (χ0v) is 33.3. The normalized spacial score (nSPS) is 14.0. The van der Waals surface area contributed by atoms with Crippen molar-refractivity contribution < 1.29 is 64.3 Å². The van der Waals surface area contributed by atoms with Gasteiger partial charge in [0.1, 0.15) is 34.5 Å². The maximum absolute atomic E-state index is 13.1. The summed E-state index contributed by atoms with van der Waals surface area (Å²) in [6.45, 7) is 4.02. The Labute approximate surface area is 347 Å². The van der Waals surface area contributed by atoms with Crippen molar-refractivity contribution in [1.82, 2.24) is 10.1 Å². The zero-order chi connectivity index (χ0) is 43.4. The second kappa shape index (κ2) is 15.0. The summed E-state index contributed by atoms with van der Waals surface area (Å²) in [5, 5.41) is 19.2. The highest BCUT2D eigenvalue weighted by atomic mass is 32.2. The number of rotatable bonds is 12. The van der Waals surface area contributed by atoms with Gasteiger partial charge in [-0.3, -0.25) is 19.2 Å². The third-order valence-electron chi connectivity index (χ3n) is 9.86. The van der Waals surface area contributed by atoms with E-state index in [-0.39, 0.29) is 65.2 Å². The number of phenolic OH excluding ortho intramolecular Hbond substituents is 2. The van der Waals surface area contributed by atoms with Crippen LogP contribution in [0.5, 0.6) is 34.5 Å². The second-order valence-electron chi connectivity index (χ2n) is 14.1. The first-order chi connectivity index (χ1) is 28.9. The van der Waals surface area contributed by atoms with Gasteiger partial charge in [-0.05, 0) is 120 Å². The smallest absolute Gasteiger partial charge is 0.318 e. The largest absolute Gasteiger partial charge is 0.508 e. The van der Waals surface area contributed by atoms with Gasteiger partial charge in [-0.25, -0.2) is 0 Å². The van der Waals surface area contributed by atoms with Gasteiger partial charge in [0.25, 0.3) is 23.6 Å². The third kappa shape index (κ3) is 7.67. The Bertz CT molecular complexity index is 2800. The Morgan fingerprint density at radius 3 is 1.08 bits per heavy atom. The lowest BCUT2D eigenvalue weighted by atomic mass is 9.78. The Balaban J connectivity index is 0.906. The average molecular weight is 863 g/mol. The van der Waals surface area contributed by atoms with Crippen molar-refractivity contribution in [2.24, 2.45) is 0 Å². The van der Waals surface area contributed by atoms with E-state index in [9.17, 15) is 46.2 Å². The minimum atomic E-state index is -4.58. The lowest BCUT2D eigenvalue weighted by molar-refractivity contribution is -0.0107. The van der Waals surface area contributed by atoms with Crippen molar-refractivity contribution in [3.8, 4) is 34.5 Å². The summed E-state index contributed by atoms with van der Waals surface area (Å²) in [6.07, 6.45) is 0. The molecule has 4 amide bonds. The molecule has 0 aromatic heterocycles. The molecule has 0 fully saturated rings. The van der Waals surface area contributed by atoms with E-state index in [1.54, 1.807) is 24.3 Å². The van der Waals surface area contributed by atoms with Crippen LogP contribution in [0.2, 0.25) is 0 Å². The van der Waals surface area contributed by atoms with Crippen LogP contribution in [0, 0.1) is 0 Å². The van der Waals surface area contributed by atoms with Crippen molar-refractivity contribution in [2.45, 2.75) is 29.1 Å². The average Bonchev–Trinajstić information content (AvgIpc) is 3.60. The molecular weight excluding hydrogens is 833 g/mol. The number of benzene rings is 6. The molecule has 0 atom stereocenters. The number of hydrogen-bond acceptors (Lipinski definition) is 14. The second-order valence-corrected chi connectivity index (χ2v) is 17.2. The van der Waals surface area contributed by atoms with Gasteiger partial charge in [-0.15, -0.1) is 18.7 Å². The van der Waals surface area contributed by atoms with Crippen LogP contribution in [0.4, 0.5) is 0 Å². The lowest BCUT2D eigenvalue weighted by Gasteiger charge is -2.26. The fraction of sp³-hybridized carbons (Fsp3) is 0.0698. The quantitative estimate of drug-likeness (QED) is 0.120. The monoisotopic (exact) mass is 862 g/mol. The molecule has 2 heterocycles. The highest BCUT2D eigenvalue weighted by Gasteiger charge is 2.42. The van der Waals surface area contributed by atoms with Crippen molar-refractivity contribution in [1.29, 1.82) is 0 Å². The molecule has 18 heteroatoms. The van der Waals surface area contributed by atoms with Crippen molar-refractivity contribution >= 4 is 43.9 Å². The Morgan fingerprint density at radius 1 is 0.426 bits per heavy atom. The number of phenols is 2. The van der Waals surface area contributed by atoms with E-state index in [4.69, 9.17) is 18.0 Å². The number of fused-ring (bicyclic) bond motifs is 2. The van der Waals surface area contributed by atoms with E-state index in [0.29, 0.717) is 11.5 Å². The summed E-state index contributed by atoms with van der Waals surface area (Å²) < 4.78 is 72.6. The van der Waals surface area contributed by atoms with Gasteiger partial charge in [0.15, 0.2) is 0 Å². The zero-order valence-electron chi connectivity index (χ0n) is 31.7. The topological polar surface area (TPSA) is 220 Å². The lowest BCUT2D eigenvalue weighted by Crippen LogP contribution is -2.32. The molecule has 6 aromatic carbocycles. The Kier molecular flexibility index (Phi) is 9.95. The predicted octanol–water partition coefficient (Wildman–Crippen LogP) is 6.84. The van der Waals surface area contributed by atoms with E-state index in [2.05, 4.69) is 0 Å². The van der Waals surface area contributed by atoms with E-state index in [1.807, 2.05) is 38.1 Å². The summed E-state index contributed by atoms with van der Waals surface area (Å²) in [5.41, 5.74) is 0.900. The molecule has 2 N–H and O–H groups in total. The SMILES string of the molecule is CC(C)(c1ccc(Oc2ccc3c(c2)C(=O)N(OS(=O)(=O)c2ccc(O)cc2)C3=O)cc1)c1ccc(Oc2ccc3c(c2)C(=O)N(OS(=O)(=O)c2ccc(O)cc2)C3=O)cc1. The van der Waals surface area contributed by atoms with Crippen LogP contribution in [-0.4, -0.2) is 60.8 Å². The molecule has 2 aliphatic heterocycles. The maximum atomic E-state index is 13.1. The fourth-order valence-electron chi connectivity index (χ4n) is 6.48. The molecule has 0 bridgehead atoms. The number of ether oxygens (including phenoxy) is 2. The van der Waals surface area contributed by atoms with Crippen molar-refractivity contribution in [3.05, 3.63) is 167 Å². The van der Waals surface area contributed by atoms with E-state index in [1.165, 1.54) is 36.4 Å². The van der Waals surface area contributed by atoms with E-state index < -0.39 is 49.3 Å². The third-order valence-corrected chi connectivity index (χ3v) is 12.3. The number of amides is 4. The van der Waals surface area contributed by atoms with E-state index >= 15 is 0 Å². The first-order valence-corrected chi connectivity index (χ1v) is 20.8. The van der Waals surface area contributed by atoms with Crippen molar-refractivity contribution in [2.75, 3.05) is 0 Å². The molecule has 0 radical (unpaired) electrons. The first kappa shape index (κ1) is 40.4. The first-order valence-electron chi connectivity index (χ1n) is 18.0. The molecule has 2 aliphatic rings.